The van der Waals surface area contributed by atoms with Crippen LogP contribution < -0.4 is 5.43 Å². The molecule has 0 amide bonds. The molecule has 0 N–H and O–H groups in total. The molecule has 2 aromatic rings. The van der Waals surface area contributed by atoms with Gasteiger partial charge in [-0.15, -0.1) is 11.8 Å². The number of thioether (sulfide) groups is 1. The van der Waals surface area contributed by atoms with Gasteiger partial charge in [-0.05, 0) is 13.0 Å². The van der Waals surface area contributed by atoms with Gasteiger partial charge in [0.25, 0.3) is 0 Å². The molecule has 0 spiro atoms. The molecule has 3 rings (SSSR count). The summed E-state index contributed by atoms with van der Waals surface area (Å²) >= 11 is 1.61. The second-order valence-corrected chi connectivity index (χ2v) is 5.85. The largest absolute Gasteiger partial charge is 0.463 e. The molecule has 0 saturated heterocycles. The Kier molecular flexibility index (Phi) is 3.14. The highest BCUT2D eigenvalue weighted by molar-refractivity contribution is 7.99. The number of fused-ring (bicyclic) bond motifs is 3. The molecule has 20 heavy (non-hydrogen) atoms. The number of esters is 1. The van der Waals surface area contributed by atoms with Crippen molar-refractivity contribution in [2.45, 2.75) is 17.1 Å². The summed E-state index contributed by atoms with van der Waals surface area (Å²) in [6, 6.07) is 8.88. The highest BCUT2D eigenvalue weighted by Crippen LogP contribution is 2.47. The van der Waals surface area contributed by atoms with Gasteiger partial charge in [0.2, 0.25) is 5.76 Å². The lowest BCUT2D eigenvalue weighted by Crippen LogP contribution is -2.17. The molecule has 1 aliphatic heterocycles. The van der Waals surface area contributed by atoms with E-state index in [2.05, 4.69) is 4.74 Å². The molecule has 4 nitrogen and oxygen atoms in total. The second-order valence-electron chi connectivity index (χ2n) is 4.47. The first-order chi connectivity index (χ1) is 9.61. The molecule has 1 aliphatic rings. The number of hydrogen-bond donors (Lipinski definition) is 0. The zero-order valence-electron chi connectivity index (χ0n) is 11.0. The van der Waals surface area contributed by atoms with E-state index in [1.807, 2.05) is 31.2 Å². The van der Waals surface area contributed by atoms with Gasteiger partial charge >= 0.3 is 5.97 Å². The number of methoxy groups -OCH3 is 1. The fourth-order valence-corrected chi connectivity index (χ4v) is 3.46. The van der Waals surface area contributed by atoms with E-state index < -0.39 is 5.97 Å². The average Bonchev–Trinajstić information content (AvgIpc) is 2.45. The van der Waals surface area contributed by atoms with Gasteiger partial charge in [0.15, 0.2) is 5.43 Å². The quantitative estimate of drug-likeness (QED) is 0.754. The summed E-state index contributed by atoms with van der Waals surface area (Å²) in [5.41, 5.74) is 1.25. The summed E-state index contributed by atoms with van der Waals surface area (Å²) in [4.78, 5) is 24.9. The SMILES string of the molecule is COC(=O)c1cc(=O)c2c(o1)-c1ccccc1SC2C. The summed E-state index contributed by atoms with van der Waals surface area (Å²) in [7, 11) is 1.26. The maximum atomic E-state index is 12.2. The number of ether oxygens (including phenoxy) is 1. The summed E-state index contributed by atoms with van der Waals surface area (Å²) in [6.07, 6.45) is 0. The molecular weight excluding hydrogens is 276 g/mol. The van der Waals surface area contributed by atoms with E-state index in [4.69, 9.17) is 4.42 Å². The van der Waals surface area contributed by atoms with Gasteiger partial charge in [0.05, 0.1) is 12.7 Å². The maximum Gasteiger partial charge on any atom is 0.374 e. The Morgan fingerprint density at radius 1 is 1.35 bits per heavy atom. The van der Waals surface area contributed by atoms with Gasteiger partial charge in [-0.2, -0.15) is 0 Å². The minimum atomic E-state index is -0.645. The van der Waals surface area contributed by atoms with Crippen LogP contribution in [-0.4, -0.2) is 13.1 Å². The molecule has 1 aromatic carbocycles. The molecule has 1 unspecified atom stereocenters. The van der Waals surface area contributed by atoms with Crippen molar-refractivity contribution in [2.24, 2.45) is 0 Å². The predicted molar refractivity (Wildman–Crippen MR) is 76.0 cm³/mol. The Morgan fingerprint density at radius 2 is 2.10 bits per heavy atom. The highest BCUT2D eigenvalue weighted by Gasteiger charge is 2.28. The second kappa shape index (κ2) is 4.83. The first kappa shape index (κ1) is 13.0. The summed E-state index contributed by atoms with van der Waals surface area (Å²) in [6.45, 7) is 1.95. The van der Waals surface area contributed by atoms with E-state index in [0.717, 1.165) is 10.5 Å². The zero-order chi connectivity index (χ0) is 14.3. The molecule has 1 atom stereocenters. The molecule has 102 valence electrons. The monoisotopic (exact) mass is 288 g/mol. The topological polar surface area (TPSA) is 56.5 Å². The number of rotatable bonds is 1. The van der Waals surface area contributed by atoms with Crippen molar-refractivity contribution >= 4 is 17.7 Å². The van der Waals surface area contributed by atoms with Crippen LogP contribution in [0.4, 0.5) is 0 Å². The maximum absolute atomic E-state index is 12.2. The lowest BCUT2D eigenvalue weighted by molar-refractivity contribution is 0.0563. The molecule has 2 heterocycles. The van der Waals surface area contributed by atoms with Crippen LogP contribution in [0.25, 0.3) is 11.3 Å². The third kappa shape index (κ3) is 1.94. The van der Waals surface area contributed by atoms with Gasteiger partial charge in [0.1, 0.15) is 5.76 Å². The van der Waals surface area contributed by atoms with Gasteiger partial charge in [-0.3, -0.25) is 4.79 Å². The van der Waals surface area contributed by atoms with Gasteiger partial charge < -0.3 is 9.15 Å². The minimum Gasteiger partial charge on any atom is -0.463 e. The first-order valence-electron chi connectivity index (χ1n) is 6.14. The van der Waals surface area contributed by atoms with Crippen LogP contribution in [0.1, 0.15) is 28.3 Å². The fourth-order valence-electron chi connectivity index (χ4n) is 2.30. The molecule has 1 aromatic heterocycles. The number of carbonyl (C=O) groups excluding carboxylic acids is 1. The normalized spacial score (nSPS) is 16.2. The third-order valence-corrected chi connectivity index (χ3v) is 4.41. The van der Waals surface area contributed by atoms with Crippen LogP contribution in [0.2, 0.25) is 0 Å². The number of hydrogen-bond acceptors (Lipinski definition) is 5. The van der Waals surface area contributed by atoms with Crippen molar-refractivity contribution in [3.8, 4) is 11.3 Å². The average molecular weight is 288 g/mol. The van der Waals surface area contributed by atoms with Crippen molar-refractivity contribution in [1.82, 2.24) is 0 Å². The fraction of sp³-hybridized carbons (Fsp3) is 0.200. The smallest absolute Gasteiger partial charge is 0.374 e. The Hall–Kier alpha value is -2.01. The number of carbonyl (C=O) groups is 1. The van der Waals surface area contributed by atoms with E-state index in [1.54, 1.807) is 11.8 Å². The van der Waals surface area contributed by atoms with Crippen molar-refractivity contribution in [2.75, 3.05) is 7.11 Å². The van der Waals surface area contributed by atoms with Crippen molar-refractivity contribution < 1.29 is 13.9 Å². The van der Waals surface area contributed by atoms with Crippen LogP contribution in [0, 0.1) is 0 Å². The third-order valence-electron chi connectivity index (χ3n) is 3.21. The Morgan fingerprint density at radius 3 is 2.85 bits per heavy atom. The van der Waals surface area contributed by atoms with Crippen molar-refractivity contribution in [1.29, 1.82) is 0 Å². The van der Waals surface area contributed by atoms with E-state index in [-0.39, 0.29) is 16.4 Å². The van der Waals surface area contributed by atoms with Gasteiger partial charge in [-0.1, -0.05) is 18.2 Å². The lowest BCUT2D eigenvalue weighted by atomic mass is 10.0. The Bertz CT molecular complexity index is 748. The summed E-state index contributed by atoms with van der Waals surface area (Å²) in [5, 5.41) is -0.0113. The van der Waals surface area contributed by atoms with Crippen molar-refractivity contribution in [3.05, 3.63) is 51.9 Å². The van der Waals surface area contributed by atoms with Crippen LogP contribution in [-0.2, 0) is 4.74 Å². The molecule has 5 heteroatoms. The predicted octanol–water partition coefficient (Wildman–Crippen LogP) is 3.26. The van der Waals surface area contributed by atoms with E-state index >= 15 is 0 Å². The van der Waals surface area contributed by atoms with Crippen LogP contribution in [0.3, 0.4) is 0 Å². The van der Waals surface area contributed by atoms with Crippen LogP contribution in [0.5, 0.6) is 0 Å². The van der Waals surface area contributed by atoms with E-state index in [0.29, 0.717) is 11.3 Å². The Balaban J connectivity index is 2.30. The summed E-state index contributed by atoms with van der Waals surface area (Å²) in [5.74, 6) is -0.238. The number of benzene rings is 1. The van der Waals surface area contributed by atoms with Crippen LogP contribution in [0.15, 0.2) is 44.4 Å². The van der Waals surface area contributed by atoms with Crippen LogP contribution >= 0.6 is 11.8 Å². The van der Waals surface area contributed by atoms with Gasteiger partial charge in [0, 0.05) is 21.8 Å². The lowest BCUT2D eigenvalue weighted by Gasteiger charge is -2.22. The summed E-state index contributed by atoms with van der Waals surface area (Å²) < 4.78 is 10.3. The van der Waals surface area contributed by atoms with E-state index in [9.17, 15) is 9.59 Å². The van der Waals surface area contributed by atoms with Gasteiger partial charge in [-0.25, -0.2) is 4.79 Å². The van der Waals surface area contributed by atoms with E-state index in [1.165, 1.54) is 13.2 Å². The molecule has 0 radical (unpaired) electrons. The Labute approximate surface area is 119 Å². The standard InChI is InChI=1S/C15H12O4S/c1-8-13-10(16)7-11(15(17)18-2)19-14(13)9-5-3-4-6-12(9)20-8/h3-8H,1-2H3. The minimum absolute atomic E-state index is 0.0113. The molecule has 0 fully saturated rings. The molecule has 0 saturated carbocycles. The first-order valence-corrected chi connectivity index (χ1v) is 7.02. The molecular formula is C15H12O4S. The molecule has 0 aliphatic carbocycles. The molecule has 0 bridgehead atoms. The van der Waals surface area contributed by atoms with Crippen molar-refractivity contribution in [3.63, 3.8) is 0 Å². The zero-order valence-corrected chi connectivity index (χ0v) is 11.8. The highest BCUT2D eigenvalue weighted by atomic mass is 32.2.